The van der Waals surface area contributed by atoms with Crippen LogP contribution in [-0.2, 0) is 0 Å². The molecule has 6 nitrogen and oxygen atoms in total. The van der Waals surface area contributed by atoms with E-state index >= 15 is 0 Å². The maximum absolute atomic E-state index is 5.55. The van der Waals surface area contributed by atoms with Gasteiger partial charge in [0.1, 0.15) is 0 Å². The molecule has 0 heterocycles. The molecule has 0 amide bonds. The summed E-state index contributed by atoms with van der Waals surface area (Å²) in [5.74, 6) is 2.52. The van der Waals surface area contributed by atoms with Crippen molar-refractivity contribution in [2.45, 2.75) is 155 Å². The van der Waals surface area contributed by atoms with Crippen LogP contribution in [0.4, 0.5) is 0 Å². The van der Waals surface area contributed by atoms with Gasteiger partial charge < -0.3 is 21.3 Å². The van der Waals surface area contributed by atoms with Gasteiger partial charge in [-0.1, -0.05) is 128 Å². The molecule has 0 fully saturated rings. The van der Waals surface area contributed by atoms with E-state index in [0.29, 0.717) is 0 Å². The molecule has 0 aliphatic heterocycles. The molecule has 0 rings (SSSR count). The van der Waals surface area contributed by atoms with Gasteiger partial charge in [-0.05, 0) is 104 Å². The summed E-state index contributed by atoms with van der Waals surface area (Å²) in [6, 6.07) is 0. The normalized spacial score (nSPS) is 11.7. The van der Waals surface area contributed by atoms with Crippen LogP contribution in [0.1, 0.15) is 155 Å². The van der Waals surface area contributed by atoms with Crippen molar-refractivity contribution in [3.8, 4) is 0 Å². The Labute approximate surface area is 285 Å². The summed E-state index contributed by atoms with van der Waals surface area (Å²) in [5, 5.41) is 7.15. The summed E-state index contributed by atoms with van der Waals surface area (Å²) >= 11 is 3.90. The van der Waals surface area contributed by atoms with Gasteiger partial charge in [0.05, 0.1) is 0 Å². The van der Waals surface area contributed by atoms with E-state index in [0.717, 1.165) is 52.2 Å². The molecule has 0 radical (unpaired) electrons. The first-order valence-electron chi connectivity index (χ1n) is 19.4. The maximum atomic E-state index is 5.55. The van der Waals surface area contributed by atoms with Crippen molar-refractivity contribution in [3.63, 3.8) is 0 Å². The second kappa shape index (κ2) is 41.5. The molecule has 0 unspecified atom stereocenters. The first-order chi connectivity index (χ1) is 21.8. The predicted molar refractivity (Wildman–Crippen MR) is 205 cm³/mol. The highest BCUT2D eigenvalue weighted by molar-refractivity contribution is 7.97. The van der Waals surface area contributed by atoms with E-state index in [2.05, 4.69) is 38.8 Å². The van der Waals surface area contributed by atoms with Gasteiger partial charge in [-0.3, -0.25) is 9.44 Å². The number of rotatable bonds is 40. The van der Waals surface area contributed by atoms with E-state index in [-0.39, 0.29) is 0 Å². The van der Waals surface area contributed by atoms with Gasteiger partial charge in [0.2, 0.25) is 0 Å². The lowest BCUT2D eigenvalue weighted by Crippen LogP contribution is -2.32. The van der Waals surface area contributed by atoms with Crippen LogP contribution < -0.4 is 25.8 Å². The molecule has 0 aromatic heterocycles. The zero-order chi connectivity index (χ0) is 31.9. The van der Waals surface area contributed by atoms with Crippen molar-refractivity contribution < 1.29 is 0 Å². The summed E-state index contributed by atoms with van der Waals surface area (Å²) in [4.78, 5) is 2.71. The molecule has 0 aliphatic rings. The number of unbranched alkanes of at least 4 members (excludes halogenated alkanes) is 15. The smallest absolute Gasteiger partial charge is 0.00786 e. The van der Waals surface area contributed by atoms with Gasteiger partial charge in [-0.15, -0.1) is 0 Å². The highest BCUT2D eigenvalue weighted by Gasteiger charge is 2.05. The molecule has 0 saturated carbocycles. The van der Waals surface area contributed by atoms with Crippen LogP contribution in [0.5, 0.6) is 0 Å². The number of hydrogen-bond donors (Lipinski definition) is 5. The summed E-state index contributed by atoms with van der Waals surface area (Å²) in [5.41, 5.74) is 5.55. The summed E-state index contributed by atoms with van der Waals surface area (Å²) in [6.45, 7) is 15.7. The van der Waals surface area contributed by atoms with E-state index in [4.69, 9.17) is 5.73 Å². The topological polar surface area (TPSA) is 77.4 Å². The third-order valence-corrected chi connectivity index (χ3v) is 10.1. The number of nitrogens with zero attached hydrogens (tertiary/aromatic N) is 1. The SMILES string of the molecule is CCCCCCCCCCSNCCCN(CCCNCCCCNCCCN)CCCNSCCCCCCCCCC. The van der Waals surface area contributed by atoms with Crippen molar-refractivity contribution in [3.05, 3.63) is 0 Å². The Morgan fingerprint density at radius 2 is 0.773 bits per heavy atom. The Bertz CT molecular complexity index is 473. The maximum Gasteiger partial charge on any atom is 0.00786 e. The second-order valence-corrected chi connectivity index (χ2v) is 14.7. The van der Waals surface area contributed by atoms with Crippen LogP contribution in [0.2, 0.25) is 0 Å². The molecule has 0 aliphatic carbocycles. The summed E-state index contributed by atoms with van der Waals surface area (Å²) < 4.78 is 7.28. The largest absolute Gasteiger partial charge is 0.330 e. The Hall–Kier alpha value is 0.460. The number of nitrogens with two attached hydrogens (primary N) is 1. The Balaban J connectivity index is 3.90. The van der Waals surface area contributed by atoms with E-state index in [1.165, 1.54) is 166 Å². The summed E-state index contributed by atoms with van der Waals surface area (Å²) in [6.07, 6.45) is 29.8. The molecular weight excluding hydrogens is 581 g/mol. The molecule has 6 N–H and O–H groups in total. The molecule has 266 valence electrons. The van der Waals surface area contributed by atoms with Crippen LogP contribution in [0, 0.1) is 0 Å². The first-order valence-corrected chi connectivity index (χ1v) is 21.3. The van der Waals surface area contributed by atoms with Crippen molar-refractivity contribution >= 4 is 23.9 Å². The Kier molecular flexibility index (Phi) is 41.9. The van der Waals surface area contributed by atoms with E-state index in [1.54, 1.807) is 0 Å². The average Bonchev–Trinajstić information content (AvgIpc) is 3.03. The molecule has 0 aromatic carbocycles. The molecule has 0 saturated heterocycles. The van der Waals surface area contributed by atoms with Crippen LogP contribution >= 0.6 is 23.9 Å². The molecular formula is C36H80N6S2. The van der Waals surface area contributed by atoms with E-state index < -0.39 is 0 Å². The fourth-order valence-corrected chi connectivity index (χ4v) is 6.96. The first kappa shape index (κ1) is 44.5. The van der Waals surface area contributed by atoms with Gasteiger partial charge >= 0.3 is 0 Å². The van der Waals surface area contributed by atoms with Crippen LogP contribution in [0.25, 0.3) is 0 Å². The molecule has 44 heavy (non-hydrogen) atoms. The minimum absolute atomic E-state index is 0.787. The van der Waals surface area contributed by atoms with Crippen LogP contribution in [-0.4, -0.2) is 81.9 Å². The van der Waals surface area contributed by atoms with Crippen LogP contribution in [0.15, 0.2) is 0 Å². The highest BCUT2D eigenvalue weighted by Crippen LogP contribution is 2.11. The molecule has 0 spiro atoms. The minimum atomic E-state index is 0.787. The minimum Gasteiger partial charge on any atom is -0.330 e. The van der Waals surface area contributed by atoms with Crippen molar-refractivity contribution in [2.24, 2.45) is 5.73 Å². The fraction of sp³-hybridized carbons (Fsp3) is 1.00. The Morgan fingerprint density at radius 3 is 1.20 bits per heavy atom. The van der Waals surface area contributed by atoms with Gasteiger partial charge in [-0.25, -0.2) is 0 Å². The zero-order valence-electron chi connectivity index (χ0n) is 29.9. The number of hydrogen-bond acceptors (Lipinski definition) is 8. The highest BCUT2D eigenvalue weighted by atomic mass is 32.2. The van der Waals surface area contributed by atoms with Crippen molar-refractivity contribution in [1.29, 1.82) is 0 Å². The summed E-state index contributed by atoms with van der Waals surface area (Å²) in [7, 11) is 0. The molecule has 0 aromatic rings. The average molecular weight is 661 g/mol. The second-order valence-electron chi connectivity index (χ2n) is 12.7. The third kappa shape index (κ3) is 38.6. The van der Waals surface area contributed by atoms with Crippen molar-refractivity contribution in [1.82, 2.24) is 25.0 Å². The zero-order valence-corrected chi connectivity index (χ0v) is 31.5. The van der Waals surface area contributed by atoms with Gasteiger partial charge in [-0.2, -0.15) is 0 Å². The third-order valence-electron chi connectivity index (χ3n) is 8.25. The predicted octanol–water partition coefficient (Wildman–Crippen LogP) is 8.52. The lowest BCUT2D eigenvalue weighted by molar-refractivity contribution is 0.264. The molecule has 0 bridgehead atoms. The fourth-order valence-electron chi connectivity index (χ4n) is 5.39. The van der Waals surface area contributed by atoms with Gasteiger partial charge in [0, 0.05) is 24.6 Å². The quantitative estimate of drug-likeness (QED) is 0.0331. The van der Waals surface area contributed by atoms with Crippen LogP contribution in [0.3, 0.4) is 0 Å². The monoisotopic (exact) mass is 661 g/mol. The molecule has 8 heteroatoms. The number of nitrogens with one attached hydrogen (secondary N) is 4. The lowest BCUT2D eigenvalue weighted by Gasteiger charge is -2.22. The standard InChI is InChI=1S/C36H80N6S2/c1-3-5-7-9-11-13-15-19-35-43-40-30-23-33-42(32-22-29-39-27-18-17-26-38-28-21-25-37)34-24-31-41-44-36-20-16-14-12-10-8-6-4-2/h38-41H,3-37H2,1-2H3. The van der Waals surface area contributed by atoms with Gasteiger partial charge in [0.15, 0.2) is 0 Å². The van der Waals surface area contributed by atoms with Gasteiger partial charge in [0.25, 0.3) is 0 Å². The van der Waals surface area contributed by atoms with Crippen molar-refractivity contribution in [2.75, 3.05) is 77.0 Å². The molecule has 0 atom stereocenters. The van der Waals surface area contributed by atoms with E-state index in [9.17, 15) is 0 Å². The lowest BCUT2D eigenvalue weighted by atomic mass is 10.1. The Morgan fingerprint density at radius 1 is 0.409 bits per heavy atom. The van der Waals surface area contributed by atoms with E-state index in [1.807, 2.05) is 23.9 Å².